The Balaban J connectivity index is 1.89. The molecule has 0 N–H and O–H groups in total. The first-order valence-electron chi connectivity index (χ1n) is 8.21. The van der Waals surface area contributed by atoms with Gasteiger partial charge in [-0.05, 0) is 29.8 Å². The lowest BCUT2D eigenvalue weighted by molar-refractivity contribution is -0.141. The largest absolute Gasteiger partial charge is 0.433 e. The van der Waals surface area contributed by atoms with Gasteiger partial charge in [-0.15, -0.1) is 0 Å². The second-order valence-electron chi connectivity index (χ2n) is 5.99. The van der Waals surface area contributed by atoms with Gasteiger partial charge in [-0.1, -0.05) is 19.1 Å². The Labute approximate surface area is 155 Å². The van der Waals surface area contributed by atoms with E-state index in [1.807, 2.05) is 0 Å². The number of nitrogens with zero attached hydrogens (tertiary/aromatic N) is 4. The molecule has 3 aromatic rings. The molecule has 0 radical (unpaired) electrons. The Kier molecular flexibility index (Phi) is 5.14. The molecule has 148 valence electrons. The maximum atomic E-state index is 12.8. The van der Waals surface area contributed by atoms with Crippen molar-refractivity contribution < 1.29 is 26.3 Å². The quantitative estimate of drug-likeness (QED) is 0.580. The first kappa shape index (κ1) is 19.8. The lowest BCUT2D eigenvalue weighted by atomic mass is 10.1. The molecule has 0 bridgehead atoms. The highest BCUT2D eigenvalue weighted by atomic mass is 19.4. The van der Waals surface area contributed by atoms with Crippen LogP contribution in [0.3, 0.4) is 0 Å². The van der Waals surface area contributed by atoms with Crippen molar-refractivity contribution in [2.45, 2.75) is 32.2 Å². The van der Waals surface area contributed by atoms with Gasteiger partial charge in [-0.2, -0.15) is 31.4 Å². The van der Waals surface area contributed by atoms with Crippen LogP contribution in [-0.2, 0) is 25.3 Å². The fraction of sp³-hybridized carbons (Fsp3) is 0.278. The Morgan fingerprint density at radius 2 is 1.61 bits per heavy atom. The summed E-state index contributed by atoms with van der Waals surface area (Å²) in [6.07, 6.45) is -7.49. The van der Waals surface area contributed by atoms with Crippen molar-refractivity contribution >= 4 is 0 Å². The van der Waals surface area contributed by atoms with E-state index in [1.54, 1.807) is 6.92 Å². The molecule has 0 amide bonds. The van der Waals surface area contributed by atoms with Crippen LogP contribution in [0.25, 0.3) is 11.4 Å². The number of hydrogen-bond donors (Lipinski definition) is 0. The van der Waals surface area contributed by atoms with Gasteiger partial charge in [0.1, 0.15) is 11.5 Å². The van der Waals surface area contributed by atoms with E-state index in [-0.39, 0.29) is 12.4 Å². The minimum absolute atomic E-state index is 0.0302. The molecule has 0 saturated heterocycles. The monoisotopic (exact) mass is 400 g/mol. The van der Waals surface area contributed by atoms with Crippen molar-refractivity contribution in [3.8, 4) is 11.4 Å². The van der Waals surface area contributed by atoms with Crippen molar-refractivity contribution in [3.05, 3.63) is 65.2 Å². The van der Waals surface area contributed by atoms with Gasteiger partial charge in [-0.25, -0.2) is 9.67 Å². The number of halogens is 6. The summed E-state index contributed by atoms with van der Waals surface area (Å²) in [6.45, 7) is 1.83. The molecule has 0 spiro atoms. The van der Waals surface area contributed by atoms with Gasteiger partial charge in [0.2, 0.25) is 0 Å². The van der Waals surface area contributed by atoms with Crippen LogP contribution < -0.4 is 0 Å². The predicted octanol–water partition coefficient (Wildman–Crippen LogP) is 4.99. The molecule has 1 aromatic carbocycles. The molecular formula is C18H14F6N4. The molecule has 0 atom stereocenters. The Hall–Kier alpha value is -2.91. The van der Waals surface area contributed by atoms with E-state index >= 15 is 0 Å². The number of pyridine rings is 1. The summed E-state index contributed by atoms with van der Waals surface area (Å²) in [7, 11) is 0. The van der Waals surface area contributed by atoms with Gasteiger partial charge >= 0.3 is 12.4 Å². The second-order valence-corrected chi connectivity index (χ2v) is 5.99. The van der Waals surface area contributed by atoms with Crippen LogP contribution in [0.2, 0.25) is 0 Å². The van der Waals surface area contributed by atoms with Gasteiger partial charge in [0, 0.05) is 18.2 Å². The van der Waals surface area contributed by atoms with Crippen molar-refractivity contribution in [2.24, 2.45) is 0 Å². The van der Waals surface area contributed by atoms with E-state index in [2.05, 4.69) is 15.1 Å². The first-order chi connectivity index (χ1) is 13.1. The smallest absolute Gasteiger partial charge is 0.252 e. The fourth-order valence-electron chi connectivity index (χ4n) is 2.59. The zero-order valence-corrected chi connectivity index (χ0v) is 14.5. The third-order valence-corrected chi connectivity index (χ3v) is 3.98. The van der Waals surface area contributed by atoms with Crippen molar-refractivity contribution in [3.63, 3.8) is 0 Å². The van der Waals surface area contributed by atoms with Crippen LogP contribution in [0.1, 0.15) is 29.6 Å². The maximum absolute atomic E-state index is 12.8. The van der Waals surface area contributed by atoms with E-state index in [4.69, 9.17) is 0 Å². The summed E-state index contributed by atoms with van der Waals surface area (Å²) in [4.78, 5) is 7.60. The van der Waals surface area contributed by atoms with Crippen LogP contribution in [0.15, 0.2) is 42.6 Å². The highest BCUT2D eigenvalue weighted by molar-refractivity contribution is 5.55. The molecule has 0 aliphatic heterocycles. The van der Waals surface area contributed by atoms with Crippen LogP contribution in [-0.4, -0.2) is 19.7 Å². The average Bonchev–Trinajstić information content (AvgIpc) is 3.03. The molecule has 10 heteroatoms. The number of rotatable bonds is 4. The van der Waals surface area contributed by atoms with Gasteiger partial charge in [0.15, 0.2) is 5.82 Å². The Bertz CT molecular complexity index is 957. The number of hydrogen-bond acceptors (Lipinski definition) is 3. The predicted molar refractivity (Wildman–Crippen MR) is 88.2 cm³/mol. The van der Waals surface area contributed by atoms with Gasteiger partial charge in [0.25, 0.3) is 0 Å². The highest BCUT2D eigenvalue weighted by Crippen LogP contribution is 2.31. The van der Waals surface area contributed by atoms with Crippen LogP contribution in [0.4, 0.5) is 26.3 Å². The van der Waals surface area contributed by atoms with Crippen molar-refractivity contribution in [1.29, 1.82) is 0 Å². The standard InChI is InChI=1S/C18H14F6N4/c1-2-15-26-16(12-3-5-13(6-4-12)17(19,20)21)27-28(15)10-11-7-8-25-14(9-11)18(22,23)24/h3-9H,2,10H2,1H3. The summed E-state index contributed by atoms with van der Waals surface area (Å²) >= 11 is 0. The van der Waals surface area contributed by atoms with Gasteiger partial charge in [0.05, 0.1) is 12.1 Å². The molecule has 4 nitrogen and oxygen atoms in total. The highest BCUT2D eigenvalue weighted by Gasteiger charge is 2.32. The zero-order chi connectivity index (χ0) is 20.5. The minimum atomic E-state index is -4.56. The molecule has 3 rings (SSSR count). The Morgan fingerprint density at radius 1 is 0.929 bits per heavy atom. The number of aromatic nitrogens is 4. The van der Waals surface area contributed by atoms with E-state index < -0.39 is 23.6 Å². The normalized spacial score (nSPS) is 12.4. The molecular weight excluding hydrogens is 386 g/mol. The van der Waals surface area contributed by atoms with Crippen molar-refractivity contribution in [1.82, 2.24) is 19.7 Å². The van der Waals surface area contributed by atoms with Crippen LogP contribution in [0.5, 0.6) is 0 Å². The SMILES string of the molecule is CCc1nc(-c2ccc(C(F)(F)F)cc2)nn1Cc1ccnc(C(F)(F)F)c1. The molecule has 2 heterocycles. The first-order valence-corrected chi connectivity index (χ1v) is 8.21. The summed E-state index contributed by atoms with van der Waals surface area (Å²) in [5.74, 6) is 0.705. The summed E-state index contributed by atoms with van der Waals surface area (Å²) < 4.78 is 77.9. The average molecular weight is 400 g/mol. The number of benzene rings is 1. The lowest BCUT2D eigenvalue weighted by Crippen LogP contribution is -2.11. The van der Waals surface area contributed by atoms with E-state index in [0.29, 0.717) is 23.4 Å². The fourth-order valence-corrected chi connectivity index (χ4v) is 2.59. The summed E-state index contributed by atoms with van der Waals surface area (Å²) in [5, 5.41) is 4.25. The van der Waals surface area contributed by atoms with E-state index in [1.165, 1.54) is 22.9 Å². The summed E-state index contributed by atoms with van der Waals surface area (Å²) in [5.41, 5.74) is -1.08. The third-order valence-electron chi connectivity index (χ3n) is 3.98. The topological polar surface area (TPSA) is 43.6 Å². The van der Waals surface area contributed by atoms with Gasteiger partial charge in [-0.3, -0.25) is 4.98 Å². The molecule has 28 heavy (non-hydrogen) atoms. The second kappa shape index (κ2) is 7.25. The number of alkyl halides is 6. The van der Waals surface area contributed by atoms with Gasteiger partial charge < -0.3 is 0 Å². The lowest BCUT2D eigenvalue weighted by Gasteiger charge is -2.08. The molecule has 0 aliphatic rings. The molecule has 0 fully saturated rings. The third kappa shape index (κ3) is 4.32. The molecule has 0 aliphatic carbocycles. The van der Waals surface area contributed by atoms with Crippen molar-refractivity contribution in [2.75, 3.05) is 0 Å². The number of aryl methyl sites for hydroxylation is 1. The van der Waals surface area contributed by atoms with E-state index in [0.717, 1.165) is 24.4 Å². The minimum Gasteiger partial charge on any atom is -0.252 e. The molecule has 0 saturated carbocycles. The molecule has 0 unspecified atom stereocenters. The zero-order valence-electron chi connectivity index (χ0n) is 14.5. The van der Waals surface area contributed by atoms with E-state index in [9.17, 15) is 26.3 Å². The van der Waals surface area contributed by atoms with Crippen LogP contribution in [0, 0.1) is 0 Å². The molecule has 2 aromatic heterocycles. The summed E-state index contributed by atoms with van der Waals surface area (Å²) in [6, 6.07) is 6.75. The van der Waals surface area contributed by atoms with Crippen LogP contribution >= 0.6 is 0 Å². The maximum Gasteiger partial charge on any atom is 0.433 e. The Morgan fingerprint density at radius 3 is 2.18 bits per heavy atom.